The van der Waals surface area contributed by atoms with Crippen LogP contribution >= 0.6 is 0 Å². The van der Waals surface area contributed by atoms with Gasteiger partial charge in [0.15, 0.2) is 5.60 Å². The van der Waals surface area contributed by atoms with Gasteiger partial charge in [-0.3, -0.25) is 4.79 Å². The highest BCUT2D eigenvalue weighted by Gasteiger charge is 2.68. The number of rotatable bonds is 4. The van der Waals surface area contributed by atoms with Crippen molar-refractivity contribution >= 4 is 17.4 Å². The third-order valence-electron chi connectivity index (χ3n) is 10.3. The molecule has 4 rings (SSSR count). The fourth-order valence-electron chi connectivity index (χ4n) is 9.03. The lowest BCUT2D eigenvalue weighted by Gasteiger charge is -2.63. The largest absolute Gasteiger partial charge is 0.452 e. The number of hydrogen-bond donors (Lipinski definition) is 0. The summed E-state index contributed by atoms with van der Waals surface area (Å²) in [4.78, 5) is 22.5. The van der Waals surface area contributed by atoms with Crippen LogP contribution in [0.25, 0.3) is 0 Å². The number of fused-ring (bicyclic) bond motifs is 5. The highest BCUT2D eigenvalue weighted by Crippen LogP contribution is 2.69. The van der Waals surface area contributed by atoms with Gasteiger partial charge in [0.1, 0.15) is 14.2 Å². The topological polar surface area (TPSA) is 69.5 Å². The summed E-state index contributed by atoms with van der Waals surface area (Å²) in [6, 6.07) is 0. The molecular weight excluding hydrogens is 404 g/mol. The van der Waals surface area contributed by atoms with Gasteiger partial charge in [0.25, 0.3) is 0 Å². The summed E-state index contributed by atoms with van der Waals surface area (Å²) < 4.78 is 6.19. The Kier molecular flexibility index (Phi) is 6.13. The first kappa shape index (κ1) is 23.6. The molecule has 0 unspecified atom stereocenters. The zero-order valence-corrected chi connectivity index (χ0v) is 21.1. The Labute approximate surface area is 193 Å². The Bertz CT molecular complexity index is 810. The summed E-state index contributed by atoms with van der Waals surface area (Å²) >= 11 is 0. The Morgan fingerprint density at radius 3 is 2.38 bits per heavy atom. The van der Waals surface area contributed by atoms with E-state index in [1.165, 1.54) is 31.9 Å². The molecule has 0 spiro atoms. The second-order valence-electron chi connectivity index (χ2n) is 11.5. The smallest absolute Gasteiger partial charge is 0.303 e. The zero-order chi connectivity index (χ0) is 23.3. The fraction of sp³-hybridized carbons (Fsp3) is 0.885. The number of hydrogen-bond acceptors (Lipinski definition) is 6. The molecule has 6 nitrogen and oxygen atoms in total. The molecule has 0 aliphatic heterocycles. The maximum absolute atomic E-state index is 12.2. The first-order valence-electron chi connectivity index (χ1n) is 12.5. The van der Waals surface area contributed by atoms with Crippen LogP contribution in [-0.2, 0) is 19.2 Å². The second-order valence-corrected chi connectivity index (χ2v) is 11.5. The van der Waals surface area contributed by atoms with Crippen LogP contribution in [0.15, 0.2) is 10.3 Å². The molecule has 180 valence electrons. The van der Waals surface area contributed by atoms with Crippen LogP contribution in [0.5, 0.6) is 0 Å². The molecule has 0 bridgehead atoms. The Morgan fingerprint density at radius 1 is 1.00 bits per heavy atom. The third kappa shape index (κ3) is 3.30. The molecule has 4 aliphatic rings. The summed E-state index contributed by atoms with van der Waals surface area (Å²) in [5, 5.41) is 8.64. The minimum Gasteiger partial charge on any atom is -0.452 e. The maximum atomic E-state index is 12.2. The molecule has 0 amide bonds. The van der Waals surface area contributed by atoms with Crippen LogP contribution in [0.1, 0.15) is 86.0 Å². The van der Waals surface area contributed by atoms with Gasteiger partial charge in [-0.05, 0) is 93.3 Å². The number of oxime groups is 2. The standard InChI is InChI=1S/C26H42N2O4/c1-16-14-20-21(24(4)11-8-19(28-31-7)15-23(16)24)9-12-25(5)22(20)10-13-26(25,32-18(3)29)17(2)27-30-6/h16,20-23H,8-15H2,1-7H3/b27-17+,28-19+/t16-,20+,21-,22-,23-,24+,25-,26-/m0/s1. The van der Waals surface area contributed by atoms with Crippen molar-refractivity contribution in [1.82, 2.24) is 0 Å². The Hall–Kier alpha value is -1.59. The summed E-state index contributed by atoms with van der Waals surface area (Å²) in [6.45, 7) is 10.9. The Morgan fingerprint density at radius 2 is 1.72 bits per heavy atom. The highest BCUT2D eigenvalue weighted by molar-refractivity contribution is 5.93. The predicted octanol–water partition coefficient (Wildman–Crippen LogP) is 5.60. The molecule has 0 N–H and O–H groups in total. The van der Waals surface area contributed by atoms with E-state index in [1.807, 2.05) is 6.92 Å². The Balaban J connectivity index is 1.68. The fourth-order valence-corrected chi connectivity index (χ4v) is 9.03. The molecule has 0 saturated heterocycles. The van der Waals surface area contributed by atoms with E-state index in [2.05, 4.69) is 31.1 Å². The summed E-state index contributed by atoms with van der Waals surface area (Å²) in [6.07, 6.45) is 8.77. The van der Waals surface area contributed by atoms with Gasteiger partial charge in [-0.2, -0.15) is 0 Å². The van der Waals surface area contributed by atoms with Crippen LogP contribution in [0.4, 0.5) is 0 Å². The first-order chi connectivity index (χ1) is 15.1. The molecule has 32 heavy (non-hydrogen) atoms. The van der Waals surface area contributed by atoms with Crippen LogP contribution < -0.4 is 0 Å². The van der Waals surface area contributed by atoms with Crippen molar-refractivity contribution in [2.24, 2.45) is 50.7 Å². The molecule has 4 saturated carbocycles. The summed E-state index contributed by atoms with van der Waals surface area (Å²) in [5.74, 6) is 3.03. The quantitative estimate of drug-likeness (QED) is 0.320. The normalized spacial score (nSPS) is 47.3. The predicted molar refractivity (Wildman–Crippen MR) is 125 cm³/mol. The van der Waals surface area contributed by atoms with Crippen molar-refractivity contribution in [2.75, 3.05) is 14.2 Å². The van der Waals surface area contributed by atoms with Gasteiger partial charge in [0, 0.05) is 12.3 Å². The molecule has 6 heteroatoms. The van der Waals surface area contributed by atoms with Crippen molar-refractivity contribution < 1.29 is 19.2 Å². The molecule has 4 aliphatic carbocycles. The molecule has 0 radical (unpaired) electrons. The number of esters is 1. The van der Waals surface area contributed by atoms with E-state index >= 15 is 0 Å². The van der Waals surface area contributed by atoms with E-state index in [-0.39, 0.29) is 11.4 Å². The lowest BCUT2D eigenvalue weighted by Crippen LogP contribution is -2.60. The van der Waals surface area contributed by atoms with Gasteiger partial charge in [-0.15, -0.1) is 0 Å². The van der Waals surface area contributed by atoms with Crippen molar-refractivity contribution in [2.45, 2.75) is 91.6 Å². The van der Waals surface area contributed by atoms with E-state index in [0.29, 0.717) is 29.1 Å². The monoisotopic (exact) mass is 446 g/mol. The van der Waals surface area contributed by atoms with Crippen LogP contribution in [0.3, 0.4) is 0 Å². The van der Waals surface area contributed by atoms with Gasteiger partial charge in [-0.25, -0.2) is 0 Å². The van der Waals surface area contributed by atoms with Crippen LogP contribution in [-0.4, -0.2) is 37.2 Å². The molecule has 0 aromatic heterocycles. The number of carbonyl (C=O) groups is 1. The van der Waals surface area contributed by atoms with Gasteiger partial charge in [-0.1, -0.05) is 31.1 Å². The van der Waals surface area contributed by atoms with Gasteiger partial charge in [0.2, 0.25) is 0 Å². The average molecular weight is 447 g/mol. The van der Waals surface area contributed by atoms with Crippen molar-refractivity contribution in [1.29, 1.82) is 0 Å². The van der Waals surface area contributed by atoms with Crippen molar-refractivity contribution in [3.8, 4) is 0 Å². The second kappa shape index (κ2) is 8.32. The minimum atomic E-state index is -0.656. The van der Waals surface area contributed by atoms with E-state index in [1.54, 1.807) is 14.2 Å². The average Bonchev–Trinajstić information content (AvgIpc) is 3.02. The van der Waals surface area contributed by atoms with Crippen molar-refractivity contribution in [3.63, 3.8) is 0 Å². The van der Waals surface area contributed by atoms with E-state index in [0.717, 1.165) is 43.7 Å². The summed E-state index contributed by atoms with van der Waals surface area (Å²) in [7, 11) is 3.23. The number of carbonyl (C=O) groups excluding carboxylic acids is 1. The molecule has 0 heterocycles. The van der Waals surface area contributed by atoms with Crippen molar-refractivity contribution in [3.05, 3.63) is 0 Å². The third-order valence-corrected chi connectivity index (χ3v) is 10.3. The van der Waals surface area contributed by atoms with E-state index in [4.69, 9.17) is 14.4 Å². The lowest BCUT2D eigenvalue weighted by molar-refractivity contribution is -0.174. The van der Waals surface area contributed by atoms with Gasteiger partial charge >= 0.3 is 5.97 Å². The number of nitrogens with zero attached hydrogens (tertiary/aromatic N) is 2. The summed E-state index contributed by atoms with van der Waals surface area (Å²) in [5.41, 5.74) is 1.63. The minimum absolute atomic E-state index is 0.105. The number of ether oxygens (including phenoxy) is 1. The molecule has 4 fully saturated rings. The molecular formula is C26H42N2O4. The molecule has 8 atom stereocenters. The van der Waals surface area contributed by atoms with Crippen LogP contribution in [0.2, 0.25) is 0 Å². The van der Waals surface area contributed by atoms with Gasteiger partial charge < -0.3 is 14.4 Å². The zero-order valence-electron chi connectivity index (χ0n) is 21.1. The van der Waals surface area contributed by atoms with E-state index < -0.39 is 5.60 Å². The SMILES string of the molecule is CO/N=C1\CC[C@]2(C)[C@H]3CC[C@@]4(C)[C@@H](CC[C@]4(OC(C)=O)/C(C)=N/OC)[C@@H]3C[C@H](C)[C@@H]2C1. The maximum Gasteiger partial charge on any atom is 0.303 e. The van der Waals surface area contributed by atoms with Crippen LogP contribution in [0, 0.1) is 40.4 Å². The van der Waals surface area contributed by atoms with E-state index in [9.17, 15) is 4.79 Å². The molecule has 0 aromatic rings. The molecule has 0 aromatic carbocycles. The highest BCUT2D eigenvalue weighted by atomic mass is 16.6. The van der Waals surface area contributed by atoms with Gasteiger partial charge in [0.05, 0.1) is 11.4 Å². The lowest BCUT2D eigenvalue weighted by atomic mass is 9.42. The first-order valence-corrected chi connectivity index (χ1v) is 12.5.